The van der Waals surface area contributed by atoms with Crippen LogP contribution in [0.25, 0.3) is 11.0 Å². The van der Waals surface area contributed by atoms with Gasteiger partial charge in [-0.15, -0.1) is 0 Å². The van der Waals surface area contributed by atoms with Crippen LogP contribution in [0.3, 0.4) is 0 Å². The highest BCUT2D eigenvalue weighted by Crippen LogP contribution is 2.22. The van der Waals surface area contributed by atoms with Crippen LogP contribution in [0.2, 0.25) is 0 Å². The number of hydrogen-bond acceptors (Lipinski definition) is 2. The second-order valence-electron chi connectivity index (χ2n) is 5.52. The molecule has 0 aliphatic rings. The molecule has 0 radical (unpaired) electrons. The zero-order valence-corrected chi connectivity index (χ0v) is 13.0. The molecular weight excluding hydrogens is 262 g/mol. The highest BCUT2D eigenvalue weighted by atomic mass is 16.1. The first-order valence-corrected chi connectivity index (χ1v) is 7.44. The fourth-order valence-corrected chi connectivity index (χ4v) is 2.39. The third kappa shape index (κ3) is 3.32. The first kappa shape index (κ1) is 15.3. The smallest absolute Gasteiger partial charge is 0.243 e. The van der Waals surface area contributed by atoms with Crippen molar-refractivity contribution in [2.45, 2.75) is 39.8 Å². The summed E-state index contributed by atoms with van der Waals surface area (Å²) in [6, 6.07) is 7.95. The Morgan fingerprint density at radius 2 is 2.14 bits per heavy atom. The van der Waals surface area contributed by atoms with Gasteiger partial charge >= 0.3 is 0 Å². The zero-order valence-electron chi connectivity index (χ0n) is 13.0. The van der Waals surface area contributed by atoms with E-state index in [2.05, 4.69) is 36.4 Å². The predicted molar refractivity (Wildman–Crippen MR) is 85.9 cm³/mol. The molecule has 1 amide bonds. The minimum atomic E-state index is -0.176. The maximum Gasteiger partial charge on any atom is 0.243 e. The lowest BCUT2D eigenvalue weighted by Crippen LogP contribution is -2.27. The van der Waals surface area contributed by atoms with E-state index in [0.29, 0.717) is 5.92 Å². The van der Waals surface area contributed by atoms with Crippen molar-refractivity contribution in [2.24, 2.45) is 5.92 Å². The molecule has 0 aliphatic carbocycles. The summed E-state index contributed by atoms with van der Waals surface area (Å²) in [6.07, 6.45) is 2.40. The van der Waals surface area contributed by atoms with Gasteiger partial charge in [-0.3, -0.25) is 4.79 Å². The SMILES string of the molecule is C=CC(=O)NC(C)c1nc2ccccc2n1CC(C)CC. The first-order valence-electron chi connectivity index (χ1n) is 7.44. The van der Waals surface area contributed by atoms with E-state index >= 15 is 0 Å². The summed E-state index contributed by atoms with van der Waals surface area (Å²) >= 11 is 0. The average Bonchev–Trinajstić information content (AvgIpc) is 2.86. The number of aromatic nitrogens is 2. The van der Waals surface area contributed by atoms with E-state index in [4.69, 9.17) is 4.98 Å². The summed E-state index contributed by atoms with van der Waals surface area (Å²) < 4.78 is 2.22. The van der Waals surface area contributed by atoms with E-state index in [1.165, 1.54) is 6.08 Å². The van der Waals surface area contributed by atoms with E-state index in [1.807, 2.05) is 25.1 Å². The third-order valence-electron chi connectivity index (χ3n) is 3.81. The Bertz CT molecular complexity index is 645. The molecule has 2 atom stereocenters. The van der Waals surface area contributed by atoms with Gasteiger partial charge in [0.25, 0.3) is 0 Å². The second kappa shape index (κ2) is 6.57. The summed E-state index contributed by atoms with van der Waals surface area (Å²) in [5, 5.41) is 2.90. The highest BCUT2D eigenvalue weighted by molar-refractivity contribution is 5.87. The number of rotatable bonds is 6. The van der Waals surface area contributed by atoms with Crippen molar-refractivity contribution in [3.8, 4) is 0 Å². The summed E-state index contributed by atoms with van der Waals surface area (Å²) in [7, 11) is 0. The van der Waals surface area contributed by atoms with Crippen molar-refractivity contribution < 1.29 is 4.79 Å². The van der Waals surface area contributed by atoms with Gasteiger partial charge in [0.15, 0.2) is 0 Å². The lowest BCUT2D eigenvalue weighted by molar-refractivity contribution is -0.117. The van der Waals surface area contributed by atoms with E-state index in [0.717, 1.165) is 29.8 Å². The number of carbonyl (C=O) groups excluding carboxylic acids is 1. The van der Waals surface area contributed by atoms with Gasteiger partial charge in [0.2, 0.25) is 5.91 Å². The standard InChI is InChI=1S/C17H23N3O/c1-5-12(3)11-20-15-10-8-7-9-14(15)19-17(20)13(4)18-16(21)6-2/h6-10,12-13H,2,5,11H2,1,3-4H3,(H,18,21). The van der Waals surface area contributed by atoms with Crippen molar-refractivity contribution in [3.05, 3.63) is 42.7 Å². The van der Waals surface area contributed by atoms with Crippen LogP contribution in [0.5, 0.6) is 0 Å². The molecule has 1 heterocycles. The summed E-state index contributed by atoms with van der Waals surface area (Å²) in [5.41, 5.74) is 2.09. The van der Waals surface area contributed by atoms with Crippen molar-refractivity contribution in [1.82, 2.24) is 14.9 Å². The third-order valence-corrected chi connectivity index (χ3v) is 3.81. The molecule has 21 heavy (non-hydrogen) atoms. The molecule has 0 bridgehead atoms. The first-order chi connectivity index (χ1) is 10.1. The van der Waals surface area contributed by atoms with Gasteiger partial charge in [0.1, 0.15) is 5.82 Å². The van der Waals surface area contributed by atoms with Crippen LogP contribution in [0, 0.1) is 5.92 Å². The molecular formula is C17H23N3O. The molecule has 1 aromatic heterocycles. The fourth-order valence-electron chi connectivity index (χ4n) is 2.39. The van der Waals surface area contributed by atoms with Crippen LogP contribution in [0.4, 0.5) is 0 Å². The Morgan fingerprint density at radius 1 is 1.43 bits per heavy atom. The van der Waals surface area contributed by atoms with Crippen LogP contribution in [0.1, 0.15) is 39.1 Å². The van der Waals surface area contributed by atoms with Crippen LogP contribution in [-0.2, 0) is 11.3 Å². The van der Waals surface area contributed by atoms with Gasteiger partial charge in [-0.1, -0.05) is 39.0 Å². The quantitative estimate of drug-likeness (QED) is 0.826. The number of para-hydroxylation sites is 2. The number of amides is 1. The molecule has 1 aromatic carbocycles. The minimum absolute atomic E-state index is 0.146. The normalized spacial score (nSPS) is 13.9. The molecule has 0 saturated carbocycles. The number of nitrogens with zero attached hydrogens (tertiary/aromatic N) is 2. The molecule has 1 N–H and O–H groups in total. The molecule has 2 unspecified atom stereocenters. The van der Waals surface area contributed by atoms with Crippen molar-refractivity contribution in [2.75, 3.05) is 0 Å². The van der Waals surface area contributed by atoms with Crippen LogP contribution < -0.4 is 5.32 Å². The fraction of sp³-hybridized carbons (Fsp3) is 0.412. The van der Waals surface area contributed by atoms with Gasteiger partial charge in [0, 0.05) is 6.54 Å². The van der Waals surface area contributed by atoms with Gasteiger partial charge in [-0.25, -0.2) is 4.98 Å². The van der Waals surface area contributed by atoms with E-state index < -0.39 is 0 Å². The molecule has 0 aliphatic heterocycles. The molecule has 112 valence electrons. The van der Waals surface area contributed by atoms with Crippen molar-refractivity contribution in [3.63, 3.8) is 0 Å². The van der Waals surface area contributed by atoms with Crippen LogP contribution in [-0.4, -0.2) is 15.5 Å². The van der Waals surface area contributed by atoms with Gasteiger partial charge < -0.3 is 9.88 Å². The molecule has 4 heteroatoms. The van der Waals surface area contributed by atoms with Crippen molar-refractivity contribution >= 4 is 16.9 Å². The maximum absolute atomic E-state index is 11.5. The molecule has 0 saturated heterocycles. The molecule has 0 spiro atoms. The molecule has 4 nitrogen and oxygen atoms in total. The highest BCUT2D eigenvalue weighted by Gasteiger charge is 2.18. The topological polar surface area (TPSA) is 46.9 Å². The van der Waals surface area contributed by atoms with Crippen LogP contribution >= 0.6 is 0 Å². The summed E-state index contributed by atoms with van der Waals surface area (Å²) in [5.74, 6) is 1.28. The minimum Gasteiger partial charge on any atom is -0.343 e. The maximum atomic E-state index is 11.5. The number of imidazole rings is 1. The monoisotopic (exact) mass is 285 g/mol. The van der Waals surface area contributed by atoms with Gasteiger partial charge in [-0.05, 0) is 31.1 Å². The van der Waals surface area contributed by atoms with Gasteiger partial charge in [-0.2, -0.15) is 0 Å². The van der Waals surface area contributed by atoms with E-state index in [9.17, 15) is 4.79 Å². The number of fused-ring (bicyclic) bond motifs is 1. The zero-order chi connectivity index (χ0) is 15.4. The Morgan fingerprint density at radius 3 is 2.81 bits per heavy atom. The average molecular weight is 285 g/mol. The Labute approximate surface area is 125 Å². The number of nitrogens with one attached hydrogen (secondary N) is 1. The molecule has 2 rings (SSSR count). The van der Waals surface area contributed by atoms with Crippen molar-refractivity contribution in [1.29, 1.82) is 0 Å². The van der Waals surface area contributed by atoms with E-state index in [-0.39, 0.29) is 11.9 Å². The Hall–Kier alpha value is -2.10. The Balaban J connectivity index is 2.43. The predicted octanol–water partition coefficient (Wildman–Crippen LogP) is 3.45. The largest absolute Gasteiger partial charge is 0.343 e. The van der Waals surface area contributed by atoms with Gasteiger partial charge in [0.05, 0.1) is 17.1 Å². The summed E-state index contributed by atoms with van der Waals surface area (Å²) in [6.45, 7) is 10.8. The number of hydrogen-bond donors (Lipinski definition) is 1. The van der Waals surface area contributed by atoms with E-state index in [1.54, 1.807) is 0 Å². The number of benzene rings is 1. The summed E-state index contributed by atoms with van der Waals surface area (Å²) in [4.78, 5) is 16.2. The lowest BCUT2D eigenvalue weighted by Gasteiger charge is -2.18. The second-order valence-corrected chi connectivity index (χ2v) is 5.52. The Kier molecular flexibility index (Phi) is 4.78. The van der Waals surface area contributed by atoms with Crippen LogP contribution in [0.15, 0.2) is 36.9 Å². The molecule has 0 fully saturated rings. The lowest BCUT2D eigenvalue weighted by atomic mass is 10.1. The number of carbonyl (C=O) groups is 1. The molecule has 2 aromatic rings.